The second-order valence-electron chi connectivity index (χ2n) is 9.66. The van der Waals surface area contributed by atoms with Crippen LogP contribution >= 0.6 is 0 Å². The first kappa shape index (κ1) is 23.2. The first-order chi connectivity index (χ1) is 15.8. The SMILES string of the molecule is CC(=O)NC1(CC(=O)N2CCCC(c3cc(Nc4cc(C)[nH]n4)nc(C)n3)C2)CCCCC1. The lowest BCUT2D eigenvalue weighted by Gasteiger charge is -2.40. The molecule has 178 valence electrons. The Morgan fingerprint density at radius 1 is 1.12 bits per heavy atom. The van der Waals surface area contributed by atoms with Crippen LogP contribution in [0.2, 0.25) is 0 Å². The smallest absolute Gasteiger partial charge is 0.224 e. The molecule has 2 aromatic heterocycles. The highest BCUT2D eigenvalue weighted by Gasteiger charge is 2.37. The van der Waals surface area contributed by atoms with E-state index in [1.807, 2.05) is 30.9 Å². The van der Waals surface area contributed by atoms with Crippen molar-refractivity contribution in [1.29, 1.82) is 0 Å². The lowest BCUT2D eigenvalue weighted by Crippen LogP contribution is -2.53. The first-order valence-corrected chi connectivity index (χ1v) is 12.0. The molecule has 0 aromatic carbocycles. The summed E-state index contributed by atoms with van der Waals surface area (Å²) in [4.78, 5) is 36.3. The Hall–Kier alpha value is -2.97. The molecule has 0 spiro atoms. The van der Waals surface area contributed by atoms with Gasteiger partial charge < -0.3 is 15.5 Å². The van der Waals surface area contributed by atoms with Crippen molar-refractivity contribution in [2.45, 2.75) is 83.6 Å². The molecule has 0 bridgehead atoms. The molecule has 3 N–H and O–H groups in total. The van der Waals surface area contributed by atoms with E-state index in [4.69, 9.17) is 4.98 Å². The van der Waals surface area contributed by atoms with E-state index >= 15 is 0 Å². The summed E-state index contributed by atoms with van der Waals surface area (Å²) in [5.74, 6) is 2.36. The van der Waals surface area contributed by atoms with Crippen LogP contribution in [-0.2, 0) is 9.59 Å². The van der Waals surface area contributed by atoms with Crippen molar-refractivity contribution in [3.8, 4) is 0 Å². The molecular weight excluding hydrogens is 418 g/mol. The minimum Gasteiger partial charge on any atom is -0.350 e. The van der Waals surface area contributed by atoms with E-state index in [0.717, 1.165) is 56.5 Å². The molecule has 2 aromatic rings. The van der Waals surface area contributed by atoms with Gasteiger partial charge in [-0.05, 0) is 39.5 Å². The van der Waals surface area contributed by atoms with Crippen molar-refractivity contribution in [2.24, 2.45) is 0 Å². The number of aryl methyl sites for hydroxylation is 2. The zero-order valence-corrected chi connectivity index (χ0v) is 19.9. The topological polar surface area (TPSA) is 116 Å². The molecule has 2 amide bonds. The van der Waals surface area contributed by atoms with Gasteiger partial charge in [-0.15, -0.1) is 0 Å². The van der Waals surface area contributed by atoms with Gasteiger partial charge in [-0.1, -0.05) is 19.3 Å². The number of rotatable bonds is 6. The Morgan fingerprint density at radius 2 is 1.91 bits per heavy atom. The molecule has 9 heteroatoms. The monoisotopic (exact) mass is 453 g/mol. The zero-order chi connectivity index (χ0) is 23.4. The van der Waals surface area contributed by atoms with Crippen LogP contribution in [0, 0.1) is 13.8 Å². The van der Waals surface area contributed by atoms with Gasteiger partial charge in [0.05, 0.1) is 5.69 Å². The van der Waals surface area contributed by atoms with Gasteiger partial charge in [-0.2, -0.15) is 5.10 Å². The number of carbonyl (C=O) groups excluding carboxylic acids is 2. The van der Waals surface area contributed by atoms with Crippen molar-refractivity contribution < 1.29 is 9.59 Å². The third-order valence-electron chi connectivity index (χ3n) is 6.75. The molecule has 1 saturated heterocycles. The van der Waals surface area contributed by atoms with E-state index in [2.05, 4.69) is 25.8 Å². The maximum Gasteiger partial charge on any atom is 0.224 e. The van der Waals surface area contributed by atoms with Gasteiger partial charge in [0, 0.05) is 55.7 Å². The number of carbonyl (C=O) groups is 2. The maximum absolute atomic E-state index is 13.3. The van der Waals surface area contributed by atoms with Crippen LogP contribution in [0.4, 0.5) is 11.6 Å². The van der Waals surface area contributed by atoms with Gasteiger partial charge in [0.25, 0.3) is 0 Å². The Kier molecular flexibility index (Phi) is 6.95. The van der Waals surface area contributed by atoms with Crippen molar-refractivity contribution in [1.82, 2.24) is 30.4 Å². The van der Waals surface area contributed by atoms with Crippen LogP contribution in [0.1, 0.15) is 81.4 Å². The number of nitrogens with zero attached hydrogens (tertiary/aromatic N) is 4. The van der Waals surface area contributed by atoms with E-state index in [1.54, 1.807) is 6.92 Å². The molecule has 1 saturated carbocycles. The standard InChI is InChI=1S/C24H35N7O2/c1-16-12-22(30-29-16)27-21-13-20(25-17(2)26-21)19-8-7-11-31(15-19)23(33)14-24(28-18(3)32)9-5-4-6-10-24/h12-13,19H,4-11,14-15H2,1-3H3,(H,28,32)(H2,25,26,27,29,30). The summed E-state index contributed by atoms with van der Waals surface area (Å²) < 4.78 is 0. The van der Waals surface area contributed by atoms with Crippen LogP contribution < -0.4 is 10.6 Å². The van der Waals surface area contributed by atoms with E-state index in [1.165, 1.54) is 6.42 Å². The van der Waals surface area contributed by atoms with E-state index < -0.39 is 5.54 Å². The number of nitrogens with one attached hydrogen (secondary N) is 3. The van der Waals surface area contributed by atoms with E-state index in [-0.39, 0.29) is 17.7 Å². The minimum atomic E-state index is -0.390. The van der Waals surface area contributed by atoms with Crippen molar-refractivity contribution in [3.05, 3.63) is 29.3 Å². The molecule has 1 atom stereocenters. The molecular formula is C24H35N7O2. The Labute approximate surface area is 195 Å². The number of H-pyrrole nitrogens is 1. The molecule has 4 rings (SSSR count). The summed E-state index contributed by atoms with van der Waals surface area (Å²) in [5, 5.41) is 13.5. The van der Waals surface area contributed by atoms with Gasteiger partial charge in [-0.25, -0.2) is 9.97 Å². The van der Waals surface area contributed by atoms with Crippen LogP contribution in [-0.4, -0.2) is 55.5 Å². The van der Waals surface area contributed by atoms with Crippen LogP contribution in [0.3, 0.4) is 0 Å². The second-order valence-corrected chi connectivity index (χ2v) is 9.66. The number of hydrogen-bond donors (Lipinski definition) is 3. The summed E-state index contributed by atoms with van der Waals surface area (Å²) in [6.07, 6.45) is 7.34. The lowest BCUT2D eigenvalue weighted by atomic mass is 9.78. The largest absolute Gasteiger partial charge is 0.350 e. The van der Waals surface area contributed by atoms with Crippen LogP contribution in [0.25, 0.3) is 0 Å². The Morgan fingerprint density at radius 3 is 2.61 bits per heavy atom. The predicted molar refractivity (Wildman–Crippen MR) is 126 cm³/mol. The second kappa shape index (κ2) is 9.89. The normalized spacial score (nSPS) is 20.3. The van der Waals surface area contributed by atoms with Crippen molar-refractivity contribution in [2.75, 3.05) is 18.4 Å². The fourth-order valence-electron chi connectivity index (χ4n) is 5.27. The van der Waals surface area contributed by atoms with Crippen LogP contribution in [0.5, 0.6) is 0 Å². The molecule has 3 heterocycles. The number of aromatic amines is 1. The number of piperidine rings is 1. The molecule has 9 nitrogen and oxygen atoms in total. The molecule has 2 fully saturated rings. The van der Waals surface area contributed by atoms with E-state index in [0.29, 0.717) is 30.4 Å². The third kappa shape index (κ3) is 5.89. The number of amides is 2. The highest BCUT2D eigenvalue weighted by molar-refractivity contribution is 5.80. The summed E-state index contributed by atoms with van der Waals surface area (Å²) >= 11 is 0. The fraction of sp³-hybridized carbons (Fsp3) is 0.625. The lowest BCUT2D eigenvalue weighted by molar-refractivity contribution is -0.135. The highest BCUT2D eigenvalue weighted by Crippen LogP contribution is 2.33. The number of likely N-dealkylation sites (tertiary alicyclic amines) is 1. The van der Waals surface area contributed by atoms with Crippen LogP contribution in [0.15, 0.2) is 12.1 Å². The number of aromatic nitrogens is 4. The maximum atomic E-state index is 13.3. The highest BCUT2D eigenvalue weighted by atomic mass is 16.2. The van der Waals surface area contributed by atoms with Gasteiger partial charge >= 0.3 is 0 Å². The predicted octanol–water partition coefficient (Wildman–Crippen LogP) is 3.50. The molecule has 1 unspecified atom stereocenters. The van der Waals surface area contributed by atoms with Gasteiger partial charge in [0.15, 0.2) is 5.82 Å². The Balaban J connectivity index is 1.45. The third-order valence-corrected chi connectivity index (χ3v) is 6.75. The fourth-order valence-corrected chi connectivity index (χ4v) is 5.27. The molecule has 2 aliphatic rings. The molecule has 1 aliphatic heterocycles. The van der Waals surface area contributed by atoms with Gasteiger partial charge in [-0.3, -0.25) is 14.7 Å². The average molecular weight is 454 g/mol. The summed E-state index contributed by atoms with van der Waals surface area (Å²) in [6.45, 7) is 6.78. The Bertz CT molecular complexity index is 996. The minimum absolute atomic E-state index is 0.0511. The van der Waals surface area contributed by atoms with E-state index in [9.17, 15) is 9.59 Å². The summed E-state index contributed by atoms with van der Waals surface area (Å²) in [7, 11) is 0. The average Bonchev–Trinajstić information content (AvgIpc) is 3.18. The molecule has 1 aliphatic carbocycles. The first-order valence-electron chi connectivity index (χ1n) is 12.0. The summed E-state index contributed by atoms with van der Waals surface area (Å²) in [6, 6.07) is 3.89. The quantitative estimate of drug-likeness (QED) is 0.617. The number of anilines is 2. The van der Waals surface area contributed by atoms with Gasteiger partial charge in [0.2, 0.25) is 11.8 Å². The van der Waals surface area contributed by atoms with Crippen molar-refractivity contribution in [3.63, 3.8) is 0 Å². The summed E-state index contributed by atoms with van der Waals surface area (Å²) in [5.41, 5.74) is 1.53. The zero-order valence-electron chi connectivity index (χ0n) is 19.9. The van der Waals surface area contributed by atoms with Crippen molar-refractivity contribution >= 4 is 23.5 Å². The molecule has 33 heavy (non-hydrogen) atoms. The number of hydrogen-bond acceptors (Lipinski definition) is 6. The van der Waals surface area contributed by atoms with Gasteiger partial charge in [0.1, 0.15) is 11.6 Å². The molecule has 0 radical (unpaired) electrons.